The summed E-state index contributed by atoms with van der Waals surface area (Å²) in [5.74, 6) is 0.222. The lowest BCUT2D eigenvalue weighted by molar-refractivity contribution is 0.0907. The normalized spacial score (nSPS) is 12.4. The van der Waals surface area contributed by atoms with E-state index in [2.05, 4.69) is 15.5 Å². The highest BCUT2D eigenvalue weighted by Crippen LogP contribution is 2.26. The third-order valence-electron chi connectivity index (χ3n) is 4.03. The van der Waals surface area contributed by atoms with E-state index in [0.717, 1.165) is 0 Å². The van der Waals surface area contributed by atoms with Crippen LogP contribution >= 0.6 is 11.6 Å². The molecule has 8 nitrogen and oxygen atoms in total. The molecule has 2 rings (SSSR count). The molecule has 1 aromatic carbocycles. The number of nitrogens with one attached hydrogen (secondary N) is 1. The number of benzene rings is 1. The average molecular weight is 415 g/mol. The first-order chi connectivity index (χ1) is 12.5. The van der Waals surface area contributed by atoms with Crippen LogP contribution < -0.4 is 5.32 Å². The summed E-state index contributed by atoms with van der Waals surface area (Å²) in [5, 5.41) is 6.67. The van der Waals surface area contributed by atoms with Gasteiger partial charge in [0.15, 0.2) is 5.82 Å². The molecule has 0 spiro atoms. The first-order valence-electron chi connectivity index (χ1n) is 8.46. The third-order valence-corrected chi connectivity index (χ3v) is 6.56. The fourth-order valence-corrected chi connectivity index (χ4v) is 4.47. The van der Waals surface area contributed by atoms with E-state index in [1.54, 1.807) is 34.6 Å². The van der Waals surface area contributed by atoms with Crippen molar-refractivity contribution in [3.63, 3.8) is 0 Å². The van der Waals surface area contributed by atoms with Crippen molar-refractivity contribution in [3.8, 4) is 0 Å². The smallest absolute Gasteiger partial charge is 0.252 e. The first-order valence-corrected chi connectivity index (χ1v) is 10.3. The van der Waals surface area contributed by atoms with E-state index in [1.165, 1.54) is 22.5 Å². The van der Waals surface area contributed by atoms with Crippen LogP contribution in [0.5, 0.6) is 0 Å². The van der Waals surface area contributed by atoms with Crippen molar-refractivity contribution in [2.45, 2.75) is 45.1 Å². The Bertz CT molecular complexity index is 936. The molecule has 1 amide bonds. The van der Waals surface area contributed by atoms with Gasteiger partial charge in [-0.25, -0.2) is 8.42 Å². The second-order valence-corrected chi connectivity index (χ2v) is 8.76. The van der Waals surface area contributed by atoms with Gasteiger partial charge < -0.3 is 9.84 Å². The topological polar surface area (TPSA) is 105 Å². The van der Waals surface area contributed by atoms with Gasteiger partial charge in [-0.15, -0.1) is 0 Å². The number of hydrogen-bond acceptors (Lipinski definition) is 6. The molecule has 2 aromatic rings. The van der Waals surface area contributed by atoms with Crippen LogP contribution in [0.4, 0.5) is 0 Å². The van der Waals surface area contributed by atoms with Crippen LogP contribution in [0.25, 0.3) is 0 Å². The fraction of sp³-hybridized carbons (Fsp3) is 0.471. The van der Waals surface area contributed by atoms with Crippen molar-refractivity contribution in [3.05, 3.63) is 40.5 Å². The molecular weight excluding hydrogens is 392 g/mol. The van der Waals surface area contributed by atoms with Crippen LogP contribution in [0.1, 0.15) is 49.8 Å². The number of hydrogen-bond donors (Lipinski definition) is 1. The molecule has 27 heavy (non-hydrogen) atoms. The highest BCUT2D eigenvalue weighted by Gasteiger charge is 2.30. The van der Waals surface area contributed by atoms with E-state index < -0.39 is 21.5 Å². The van der Waals surface area contributed by atoms with Gasteiger partial charge in [0.25, 0.3) is 5.91 Å². The summed E-state index contributed by atoms with van der Waals surface area (Å²) in [6, 6.07) is 4.15. The highest BCUT2D eigenvalue weighted by molar-refractivity contribution is 7.89. The second kappa shape index (κ2) is 7.95. The first kappa shape index (κ1) is 21.3. The van der Waals surface area contributed by atoms with E-state index >= 15 is 0 Å². The maximum Gasteiger partial charge on any atom is 0.252 e. The fourth-order valence-electron chi connectivity index (χ4n) is 2.51. The van der Waals surface area contributed by atoms with E-state index in [-0.39, 0.29) is 15.5 Å². The molecule has 1 heterocycles. The summed E-state index contributed by atoms with van der Waals surface area (Å²) in [4.78, 5) is 16.7. The number of aromatic nitrogens is 2. The van der Waals surface area contributed by atoms with Crippen molar-refractivity contribution >= 4 is 27.5 Å². The number of carbonyl (C=O) groups is 1. The van der Waals surface area contributed by atoms with Crippen molar-refractivity contribution in [1.82, 2.24) is 19.8 Å². The lowest BCUT2D eigenvalue weighted by Crippen LogP contribution is -2.42. The Morgan fingerprint density at radius 2 is 1.93 bits per heavy atom. The molecule has 0 unspecified atom stereocenters. The molecule has 148 valence electrons. The summed E-state index contributed by atoms with van der Waals surface area (Å²) >= 11 is 6.11. The number of aryl methyl sites for hydroxylation is 1. The van der Waals surface area contributed by atoms with Gasteiger partial charge in [-0.1, -0.05) is 30.6 Å². The molecule has 0 saturated heterocycles. The van der Waals surface area contributed by atoms with Crippen molar-refractivity contribution in [2.24, 2.45) is 0 Å². The van der Waals surface area contributed by atoms with Crippen molar-refractivity contribution in [1.29, 1.82) is 0 Å². The van der Waals surface area contributed by atoms with E-state index in [1.807, 2.05) is 0 Å². The summed E-state index contributed by atoms with van der Waals surface area (Å²) < 4.78 is 31.8. The van der Waals surface area contributed by atoms with Gasteiger partial charge in [0.05, 0.1) is 10.6 Å². The minimum Gasteiger partial charge on any atom is -0.340 e. The molecule has 1 N–H and O–H groups in total. The number of rotatable bonds is 7. The van der Waals surface area contributed by atoms with E-state index in [4.69, 9.17) is 16.1 Å². The Morgan fingerprint density at radius 3 is 2.44 bits per heavy atom. The van der Waals surface area contributed by atoms with Crippen LogP contribution in [0.2, 0.25) is 5.02 Å². The number of amides is 1. The zero-order chi connectivity index (χ0) is 20.4. The van der Waals surface area contributed by atoms with Gasteiger partial charge >= 0.3 is 0 Å². The standard InChI is InChI=1S/C17H23ClN4O4S/c1-6-22(7-2)27(24,25)14-10-12(8-9-13(14)18)15(23)20-17(4,5)16-19-11(3)26-21-16/h8-10H,6-7H2,1-5H3,(H,20,23). The minimum absolute atomic E-state index is 0.0616. The Hall–Kier alpha value is -1.97. The van der Waals surface area contributed by atoms with Crippen molar-refractivity contribution < 1.29 is 17.7 Å². The summed E-state index contributed by atoms with van der Waals surface area (Å²) in [5.41, 5.74) is -0.745. The molecule has 0 radical (unpaired) electrons. The molecule has 1 aromatic heterocycles. The van der Waals surface area contributed by atoms with E-state index in [0.29, 0.717) is 24.8 Å². The van der Waals surface area contributed by atoms with Crippen LogP contribution in [0.3, 0.4) is 0 Å². The number of carbonyl (C=O) groups excluding carboxylic acids is 1. The third kappa shape index (κ3) is 4.48. The summed E-state index contributed by atoms with van der Waals surface area (Å²) in [6.45, 7) is 9.17. The van der Waals surface area contributed by atoms with Gasteiger partial charge in [-0.2, -0.15) is 9.29 Å². The van der Waals surface area contributed by atoms with Crippen molar-refractivity contribution in [2.75, 3.05) is 13.1 Å². The molecule has 0 aliphatic heterocycles. The Labute approximate surface area is 163 Å². The Kier molecular flexibility index (Phi) is 6.28. The predicted molar refractivity (Wildman–Crippen MR) is 101 cm³/mol. The number of nitrogens with zero attached hydrogens (tertiary/aromatic N) is 3. The van der Waals surface area contributed by atoms with Gasteiger partial charge in [0.1, 0.15) is 4.90 Å². The number of sulfonamides is 1. The monoisotopic (exact) mass is 414 g/mol. The van der Waals surface area contributed by atoms with Crippen LogP contribution in [0, 0.1) is 6.92 Å². The second-order valence-electron chi connectivity index (χ2n) is 6.45. The Balaban J connectivity index is 2.36. The maximum absolute atomic E-state index is 12.8. The summed E-state index contributed by atoms with van der Waals surface area (Å²) in [6.07, 6.45) is 0. The molecule has 0 saturated carbocycles. The van der Waals surface area contributed by atoms with E-state index in [9.17, 15) is 13.2 Å². The van der Waals surface area contributed by atoms with Crippen LogP contribution in [0.15, 0.2) is 27.6 Å². The quantitative estimate of drug-likeness (QED) is 0.746. The molecule has 0 atom stereocenters. The Morgan fingerprint density at radius 1 is 1.30 bits per heavy atom. The lowest BCUT2D eigenvalue weighted by atomic mass is 10.0. The molecule has 10 heteroatoms. The predicted octanol–water partition coefficient (Wildman–Crippen LogP) is 2.73. The molecule has 0 aliphatic rings. The van der Waals surface area contributed by atoms with Gasteiger partial charge in [0, 0.05) is 25.6 Å². The molecular formula is C17H23ClN4O4S. The largest absolute Gasteiger partial charge is 0.340 e. The lowest BCUT2D eigenvalue weighted by Gasteiger charge is -2.23. The van der Waals surface area contributed by atoms with Gasteiger partial charge in [-0.05, 0) is 32.0 Å². The highest BCUT2D eigenvalue weighted by atomic mass is 35.5. The molecule has 0 fully saturated rings. The minimum atomic E-state index is -3.80. The van der Waals surface area contributed by atoms with Gasteiger partial charge in [0.2, 0.25) is 15.9 Å². The van der Waals surface area contributed by atoms with Gasteiger partial charge in [-0.3, -0.25) is 4.79 Å². The number of halogens is 1. The zero-order valence-electron chi connectivity index (χ0n) is 15.9. The molecule has 0 bridgehead atoms. The maximum atomic E-state index is 12.8. The molecule has 0 aliphatic carbocycles. The average Bonchev–Trinajstić information content (AvgIpc) is 3.03. The van der Waals surface area contributed by atoms with Crippen LogP contribution in [-0.4, -0.2) is 41.9 Å². The SMILES string of the molecule is CCN(CC)S(=O)(=O)c1cc(C(=O)NC(C)(C)c2noc(C)n2)ccc1Cl. The summed E-state index contributed by atoms with van der Waals surface area (Å²) in [7, 11) is -3.80. The zero-order valence-corrected chi connectivity index (χ0v) is 17.5. The van der Waals surface area contributed by atoms with Crippen LogP contribution in [-0.2, 0) is 15.6 Å².